The van der Waals surface area contributed by atoms with Crippen molar-refractivity contribution in [2.75, 3.05) is 12.3 Å². The van der Waals surface area contributed by atoms with Crippen LogP contribution in [0.5, 0.6) is 5.88 Å². The van der Waals surface area contributed by atoms with Crippen LogP contribution in [0.15, 0.2) is 40.3 Å². The van der Waals surface area contributed by atoms with E-state index in [0.717, 1.165) is 5.03 Å². The van der Waals surface area contributed by atoms with Crippen molar-refractivity contribution in [3.63, 3.8) is 0 Å². The van der Waals surface area contributed by atoms with Gasteiger partial charge in [0.25, 0.3) is 0 Å². The molecule has 1 aromatic carbocycles. The fourth-order valence-electron chi connectivity index (χ4n) is 1.88. The zero-order chi connectivity index (χ0) is 15.4. The molecule has 0 saturated carbocycles. The molecule has 0 aliphatic heterocycles. The molecule has 0 radical (unpaired) electrons. The molecular formula is C17H22N2OS. The van der Waals surface area contributed by atoms with Gasteiger partial charge in [0, 0.05) is 4.90 Å². The van der Waals surface area contributed by atoms with Gasteiger partial charge in [0.2, 0.25) is 5.88 Å². The van der Waals surface area contributed by atoms with Crippen LogP contribution < -0.4 is 10.5 Å². The SMILES string of the molecule is Cc1ccc(Sc2ccc(N)c(OCC(C)C)n2)c(C)c1. The molecule has 2 aromatic rings. The smallest absolute Gasteiger partial charge is 0.238 e. The number of benzene rings is 1. The Balaban J connectivity index is 2.18. The van der Waals surface area contributed by atoms with Gasteiger partial charge >= 0.3 is 0 Å². The number of rotatable bonds is 5. The maximum atomic E-state index is 5.92. The number of aromatic nitrogens is 1. The molecule has 0 atom stereocenters. The summed E-state index contributed by atoms with van der Waals surface area (Å²) in [5, 5.41) is 0.898. The van der Waals surface area contributed by atoms with E-state index in [1.807, 2.05) is 12.1 Å². The third-order valence-corrected chi connectivity index (χ3v) is 4.08. The Labute approximate surface area is 130 Å². The lowest BCUT2D eigenvalue weighted by atomic mass is 10.2. The Morgan fingerprint density at radius 1 is 1.19 bits per heavy atom. The summed E-state index contributed by atoms with van der Waals surface area (Å²) in [5.41, 5.74) is 9.03. The normalized spacial score (nSPS) is 10.9. The molecule has 0 aliphatic carbocycles. The van der Waals surface area contributed by atoms with Crippen molar-refractivity contribution in [2.45, 2.75) is 37.6 Å². The largest absolute Gasteiger partial charge is 0.476 e. The Hall–Kier alpha value is -1.68. The van der Waals surface area contributed by atoms with E-state index in [9.17, 15) is 0 Å². The van der Waals surface area contributed by atoms with Crippen molar-refractivity contribution in [2.24, 2.45) is 5.92 Å². The molecule has 21 heavy (non-hydrogen) atoms. The van der Waals surface area contributed by atoms with Crippen LogP contribution in [0.3, 0.4) is 0 Å². The fourth-order valence-corrected chi connectivity index (χ4v) is 2.72. The van der Waals surface area contributed by atoms with Crippen molar-refractivity contribution >= 4 is 17.4 Å². The summed E-state index contributed by atoms with van der Waals surface area (Å²) in [6, 6.07) is 10.2. The zero-order valence-electron chi connectivity index (χ0n) is 13.0. The molecule has 112 valence electrons. The first-order valence-corrected chi connectivity index (χ1v) is 7.92. The summed E-state index contributed by atoms with van der Waals surface area (Å²) in [7, 11) is 0. The molecule has 1 heterocycles. The first-order valence-electron chi connectivity index (χ1n) is 7.10. The standard InChI is InChI=1S/C17H22N2OS/c1-11(2)10-20-17-14(18)6-8-16(19-17)21-15-7-5-12(3)9-13(15)4/h5-9,11H,10,18H2,1-4H3. The molecule has 0 aliphatic rings. The molecule has 0 unspecified atom stereocenters. The molecule has 0 amide bonds. The van der Waals surface area contributed by atoms with Crippen LogP contribution in [-0.4, -0.2) is 11.6 Å². The molecule has 2 rings (SSSR count). The van der Waals surface area contributed by atoms with Gasteiger partial charge in [0.1, 0.15) is 5.03 Å². The number of pyridine rings is 1. The first-order chi connectivity index (χ1) is 9.95. The van der Waals surface area contributed by atoms with Gasteiger partial charge in [-0.2, -0.15) is 0 Å². The Morgan fingerprint density at radius 3 is 2.62 bits per heavy atom. The highest BCUT2D eigenvalue weighted by molar-refractivity contribution is 7.99. The molecule has 2 N–H and O–H groups in total. The van der Waals surface area contributed by atoms with Crippen molar-refractivity contribution in [3.8, 4) is 5.88 Å². The summed E-state index contributed by atoms with van der Waals surface area (Å²) < 4.78 is 5.68. The van der Waals surface area contributed by atoms with E-state index in [1.54, 1.807) is 11.8 Å². The van der Waals surface area contributed by atoms with Crippen molar-refractivity contribution in [1.29, 1.82) is 0 Å². The number of nitrogen functional groups attached to an aromatic ring is 1. The van der Waals surface area contributed by atoms with Crippen LogP contribution in [0.1, 0.15) is 25.0 Å². The van der Waals surface area contributed by atoms with E-state index in [-0.39, 0.29) is 0 Å². The summed E-state index contributed by atoms with van der Waals surface area (Å²) >= 11 is 1.63. The van der Waals surface area contributed by atoms with Gasteiger partial charge in [0.05, 0.1) is 12.3 Å². The van der Waals surface area contributed by atoms with Crippen LogP contribution in [0.25, 0.3) is 0 Å². The average molecular weight is 302 g/mol. The van der Waals surface area contributed by atoms with Crippen LogP contribution >= 0.6 is 11.8 Å². The average Bonchev–Trinajstić information content (AvgIpc) is 2.42. The maximum absolute atomic E-state index is 5.92. The highest BCUT2D eigenvalue weighted by atomic mass is 32.2. The minimum Gasteiger partial charge on any atom is -0.476 e. The number of hydrogen-bond acceptors (Lipinski definition) is 4. The Bertz CT molecular complexity index is 626. The molecular weight excluding hydrogens is 280 g/mol. The van der Waals surface area contributed by atoms with Crippen LogP contribution in [0, 0.1) is 19.8 Å². The van der Waals surface area contributed by atoms with Gasteiger partial charge in [-0.25, -0.2) is 4.98 Å². The summed E-state index contributed by atoms with van der Waals surface area (Å²) in [6.07, 6.45) is 0. The number of anilines is 1. The number of ether oxygens (including phenoxy) is 1. The molecule has 0 fully saturated rings. The predicted octanol–water partition coefficient (Wildman–Crippen LogP) is 4.47. The molecule has 0 bridgehead atoms. The second-order valence-corrected chi connectivity index (χ2v) is 6.68. The van der Waals surface area contributed by atoms with Gasteiger partial charge in [0.15, 0.2) is 0 Å². The van der Waals surface area contributed by atoms with Crippen molar-refractivity contribution in [1.82, 2.24) is 4.98 Å². The van der Waals surface area contributed by atoms with Crippen LogP contribution in [0.4, 0.5) is 5.69 Å². The van der Waals surface area contributed by atoms with Gasteiger partial charge in [-0.15, -0.1) is 0 Å². The van der Waals surface area contributed by atoms with Gasteiger partial charge < -0.3 is 10.5 Å². The third-order valence-electron chi connectivity index (χ3n) is 2.96. The summed E-state index contributed by atoms with van der Waals surface area (Å²) in [5.74, 6) is 0.973. The van der Waals surface area contributed by atoms with Gasteiger partial charge in [-0.05, 0) is 43.5 Å². The number of nitrogens with zero attached hydrogens (tertiary/aromatic N) is 1. The summed E-state index contributed by atoms with van der Waals surface area (Å²) in [4.78, 5) is 5.72. The van der Waals surface area contributed by atoms with Crippen molar-refractivity contribution < 1.29 is 4.74 Å². The maximum Gasteiger partial charge on any atom is 0.238 e. The van der Waals surface area contributed by atoms with Crippen LogP contribution in [-0.2, 0) is 0 Å². The molecule has 1 aromatic heterocycles. The fraction of sp³-hybridized carbons (Fsp3) is 0.353. The Morgan fingerprint density at radius 2 is 1.95 bits per heavy atom. The third kappa shape index (κ3) is 4.39. The van der Waals surface area contributed by atoms with E-state index in [2.05, 4.69) is 50.9 Å². The van der Waals surface area contributed by atoms with E-state index in [0.29, 0.717) is 24.1 Å². The topological polar surface area (TPSA) is 48.1 Å². The minimum atomic E-state index is 0.446. The lowest BCUT2D eigenvalue weighted by Gasteiger charge is -2.12. The number of hydrogen-bond donors (Lipinski definition) is 1. The Kier molecular flexibility index (Phi) is 5.12. The second kappa shape index (κ2) is 6.85. The summed E-state index contributed by atoms with van der Waals surface area (Å²) in [6.45, 7) is 9.04. The van der Waals surface area contributed by atoms with E-state index >= 15 is 0 Å². The highest BCUT2D eigenvalue weighted by Gasteiger charge is 2.08. The van der Waals surface area contributed by atoms with E-state index < -0.39 is 0 Å². The highest BCUT2D eigenvalue weighted by Crippen LogP contribution is 2.32. The van der Waals surface area contributed by atoms with Gasteiger partial charge in [-0.3, -0.25) is 0 Å². The second-order valence-electron chi connectivity index (χ2n) is 5.62. The molecule has 0 spiro atoms. The monoisotopic (exact) mass is 302 g/mol. The quantitative estimate of drug-likeness (QED) is 0.885. The predicted molar refractivity (Wildman–Crippen MR) is 89.0 cm³/mol. The lowest BCUT2D eigenvalue weighted by molar-refractivity contribution is 0.261. The number of nitrogens with two attached hydrogens (primary N) is 1. The first kappa shape index (κ1) is 15.7. The molecule has 3 nitrogen and oxygen atoms in total. The van der Waals surface area contributed by atoms with Gasteiger partial charge in [-0.1, -0.05) is 43.3 Å². The molecule has 0 saturated heterocycles. The minimum absolute atomic E-state index is 0.446. The number of aryl methyl sites for hydroxylation is 2. The van der Waals surface area contributed by atoms with E-state index in [1.165, 1.54) is 16.0 Å². The lowest BCUT2D eigenvalue weighted by Crippen LogP contribution is -2.07. The van der Waals surface area contributed by atoms with Crippen molar-refractivity contribution in [3.05, 3.63) is 41.5 Å². The van der Waals surface area contributed by atoms with E-state index in [4.69, 9.17) is 10.5 Å². The molecule has 4 heteroatoms. The zero-order valence-corrected chi connectivity index (χ0v) is 13.8. The van der Waals surface area contributed by atoms with Crippen LogP contribution in [0.2, 0.25) is 0 Å².